The number of pyridine rings is 1. The van der Waals surface area contributed by atoms with Crippen molar-refractivity contribution in [3.63, 3.8) is 0 Å². The summed E-state index contributed by atoms with van der Waals surface area (Å²) in [5, 5.41) is 13.0. The summed E-state index contributed by atoms with van der Waals surface area (Å²) in [5.41, 5.74) is 1.45. The number of nitrogens with zero attached hydrogens (tertiary/aromatic N) is 4. The molecular formula is C34H43AsN5O9. The zero-order valence-corrected chi connectivity index (χ0v) is 29.8. The first kappa shape index (κ1) is 36.1. The van der Waals surface area contributed by atoms with Gasteiger partial charge in [0.25, 0.3) is 0 Å². The first-order chi connectivity index (χ1) is 23.5. The van der Waals surface area contributed by atoms with Gasteiger partial charge < -0.3 is 0 Å². The molecule has 263 valence electrons. The van der Waals surface area contributed by atoms with Crippen LogP contribution < -0.4 is 10.1 Å². The van der Waals surface area contributed by atoms with Crippen LogP contribution >= 0.6 is 0 Å². The number of amides is 4. The van der Waals surface area contributed by atoms with Crippen LogP contribution in [0.4, 0.5) is 4.79 Å². The third-order valence-corrected chi connectivity index (χ3v) is 11.8. The first-order valence-corrected chi connectivity index (χ1v) is 18.9. The Balaban J connectivity index is 1.29. The second-order valence-corrected chi connectivity index (χ2v) is 15.3. The van der Waals surface area contributed by atoms with Crippen molar-refractivity contribution in [3.05, 3.63) is 35.5 Å². The predicted octanol–water partition coefficient (Wildman–Crippen LogP) is 2.38. The van der Waals surface area contributed by atoms with E-state index in [1.54, 1.807) is 28.9 Å². The summed E-state index contributed by atoms with van der Waals surface area (Å²) in [6.07, 6.45) is 3.57. The molecule has 3 heterocycles. The molecule has 0 bridgehead atoms. The van der Waals surface area contributed by atoms with E-state index in [-0.39, 0.29) is 92.0 Å². The number of hydrogen-bond acceptors (Lipinski definition) is 9. The number of ether oxygens (including phenoxy) is 2. The summed E-state index contributed by atoms with van der Waals surface area (Å²) in [5.74, 6) is -1.58. The number of carboxylic acid groups (broad SMARTS) is 1. The molecule has 49 heavy (non-hydrogen) atoms. The topological polar surface area (TPSA) is 176 Å². The zero-order valence-electron chi connectivity index (χ0n) is 27.9. The minimum absolute atomic E-state index is 0.00608. The SMILES string of the molecule is CCOC(=O)N1CCN(C(=O)[C@H](CCC(=O)O)[As]C(=O)c2cc(OCC(=O)N3CCC[C@H]3C(=O)NC3CCC3)c3ccc(C)cc3n2)CC1. The van der Waals surface area contributed by atoms with E-state index in [9.17, 15) is 33.9 Å². The molecule has 14 nitrogen and oxygen atoms in total. The van der Waals surface area contributed by atoms with E-state index in [2.05, 4.69) is 10.3 Å². The third kappa shape index (κ3) is 9.08. The third-order valence-electron chi connectivity index (χ3n) is 9.13. The number of piperazine rings is 1. The van der Waals surface area contributed by atoms with Gasteiger partial charge in [-0.3, -0.25) is 0 Å². The van der Waals surface area contributed by atoms with Crippen LogP contribution in [0.1, 0.15) is 67.9 Å². The van der Waals surface area contributed by atoms with Crippen molar-refractivity contribution in [2.75, 3.05) is 45.9 Å². The van der Waals surface area contributed by atoms with Gasteiger partial charge in [0, 0.05) is 0 Å². The van der Waals surface area contributed by atoms with Gasteiger partial charge in [-0.2, -0.15) is 0 Å². The Hall–Kier alpha value is -4.19. The fourth-order valence-electron chi connectivity index (χ4n) is 6.19. The molecule has 1 aromatic carbocycles. The van der Waals surface area contributed by atoms with Crippen LogP contribution in [0.2, 0.25) is 4.71 Å². The van der Waals surface area contributed by atoms with Crippen molar-refractivity contribution in [1.29, 1.82) is 0 Å². The number of hydrogen-bond donors (Lipinski definition) is 2. The number of nitrogens with one attached hydrogen (secondary N) is 1. The second kappa shape index (κ2) is 16.5. The van der Waals surface area contributed by atoms with Crippen molar-refractivity contribution in [1.82, 2.24) is 25.0 Å². The van der Waals surface area contributed by atoms with Gasteiger partial charge in [0.05, 0.1) is 0 Å². The Morgan fingerprint density at radius 3 is 2.41 bits per heavy atom. The zero-order chi connectivity index (χ0) is 35.1. The molecular weight excluding hydrogens is 697 g/mol. The Bertz CT molecular complexity index is 1590. The molecule has 3 aliphatic rings. The number of fused-ring (bicyclic) bond motifs is 1. The molecule has 2 aromatic rings. The summed E-state index contributed by atoms with van der Waals surface area (Å²) in [6.45, 7) is 5.00. The molecule has 1 aliphatic carbocycles. The molecule has 2 aliphatic heterocycles. The van der Waals surface area contributed by atoms with Gasteiger partial charge >= 0.3 is 273 Å². The van der Waals surface area contributed by atoms with Gasteiger partial charge in [0.2, 0.25) is 0 Å². The second-order valence-electron chi connectivity index (χ2n) is 12.6. The van der Waals surface area contributed by atoms with Gasteiger partial charge in [0.1, 0.15) is 0 Å². The fourth-order valence-corrected chi connectivity index (χ4v) is 8.42. The van der Waals surface area contributed by atoms with E-state index >= 15 is 0 Å². The maximum atomic E-state index is 13.8. The van der Waals surface area contributed by atoms with Crippen molar-refractivity contribution < 1.29 is 43.3 Å². The number of aromatic nitrogens is 1. The van der Waals surface area contributed by atoms with Crippen LogP contribution in [-0.4, -0.2) is 133 Å². The number of carbonyl (C=O) groups excluding carboxylic acids is 5. The van der Waals surface area contributed by atoms with Crippen LogP contribution in [0, 0.1) is 6.92 Å². The Morgan fingerprint density at radius 2 is 1.73 bits per heavy atom. The first-order valence-electron chi connectivity index (χ1n) is 16.9. The Morgan fingerprint density at radius 1 is 1.00 bits per heavy atom. The average molecular weight is 741 g/mol. The van der Waals surface area contributed by atoms with Crippen molar-refractivity contribution in [3.8, 4) is 5.75 Å². The van der Waals surface area contributed by atoms with Gasteiger partial charge in [-0.25, -0.2) is 0 Å². The Kier molecular flexibility index (Phi) is 12.1. The molecule has 2 saturated heterocycles. The quantitative estimate of drug-likeness (QED) is 0.290. The Labute approximate surface area is 291 Å². The van der Waals surface area contributed by atoms with Crippen LogP contribution in [0.15, 0.2) is 24.3 Å². The summed E-state index contributed by atoms with van der Waals surface area (Å²) < 4.78 is 9.89. The normalized spacial score (nSPS) is 18.7. The van der Waals surface area contributed by atoms with E-state index in [4.69, 9.17) is 9.47 Å². The van der Waals surface area contributed by atoms with Crippen LogP contribution in [0.3, 0.4) is 0 Å². The maximum absolute atomic E-state index is 13.8. The molecule has 1 aromatic heterocycles. The minimum atomic E-state index is -1.38. The van der Waals surface area contributed by atoms with Crippen molar-refractivity contribution in [2.24, 2.45) is 0 Å². The van der Waals surface area contributed by atoms with E-state index in [1.165, 1.54) is 11.0 Å². The number of likely N-dealkylation sites (tertiary alicyclic amines) is 1. The molecule has 15 heteroatoms. The average Bonchev–Trinajstić information content (AvgIpc) is 3.57. The molecule has 2 N–H and O–H groups in total. The number of benzene rings is 1. The van der Waals surface area contributed by atoms with Crippen molar-refractivity contribution in [2.45, 2.75) is 75.6 Å². The monoisotopic (exact) mass is 740 g/mol. The molecule has 1 radical (unpaired) electrons. The van der Waals surface area contributed by atoms with Crippen LogP contribution in [-0.2, 0) is 23.9 Å². The van der Waals surface area contributed by atoms with Crippen LogP contribution in [0.5, 0.6) is 5.75 Å². The number of aryl methyl sites for hydroxylation is 1. The molecule has 0 spiro atoms. The molecule has 0 unspecified atom stereocenters. The van der Waals surface area contributed by atoms with Gasteiger partial charge in [-0.15, -0.1) is 0 Å². The fraction of sp³-hybridized carbons (Fsp3) is 0.559. The molecule has 5 rings (SSSR count). The van der Waals surface area contributed by atoms with Crippen LogP contribution in [0.25, 0.3) is 10.9 Å². The summed E-state index contributed by atoms with van der Waals surface area (Å²) in [7, 11) is 0. The molecule has 1 saturated carbocycles. The summed E-state index contributed by atoms with van der Waals surface area (Å²) in [4.78, 5) is 86.4. The number of rotatable bonds is 13. The summed E-state index contributed by atoms with van der Waals surface area (Å²) in [6, 6.07) is 6.59. The molecule has 4 amide bonds. The predicted molar refractivity (Wildman–Crippen MR) is 178 cm³/mol. The van der Waals surface area contributed by atoms with E-state index < -0.39 is 38.6 Å². The van der Waals surface area contributed by atoms with Gasteiger partial charge in [-0.1, -0.05) is 0 Å². The number of carboxylic acids is 1. The molecule has 2 atom stereocenters. The summed E-state index contributed by atoms with van der Waals surface area (Å²) >= 11 is -1.38. The van der Waals surface area contributed by atoms with Gasteiger partial charge in [-0.05, 0) is 19.3 Å². The number of aliphatic carboxylic acids is 1. The van der Waals surface area contributed by atoms with Crippen molar-refractivity contribution >= 4 is 61.0 Å². The van der Waals surface area contributed by atoms with E-state index in [1.807, 2.05) is 13.0 Å². The van der Waals surface area contributed by atoms with E-state index in [0.29, 0.717) is 23.9 Å². The standard InChI is InChI=1S/C34H43AsN5O9/c1-3-48-34(47)39-16-14-38(15-17-39)33(46)24(11-12-30(42)43)35-31(44)26-19-28(23-10-9-21(2)18-25(23)37-26)49-20-29(41)40-13-5-8-27(40)32(45)36-22-6-4-7-22/h9-10,18-19,22,24,27H,3-8,11-17,20H2,1-2H3,(H,36,45)(H,42,43)/t24-,27-/m0/s1. The number of carbonyl (C=O) groups is 6. The molecule has 3 fully saturated rings. The van der Waals surface area contributed by atoms with E-state index in [0.717, 1.165) is 31.2 Å². The van der Waals surface area contributed by atoms with Gasteiger partial charge in [0.15, 0.2) is 0 Å².